The van der Waals surface area contributed by atoms with E-state index in [2.05, 4.69) is 0 Å². The first-order chi connectivity index (χ1) is 12.1. The molecule has 126 valence electrons. The maximum absolute atomic E-state index is 12.8. The third kappa shape index (κ3) is 2.35. The first-order valence-electron chi connectivity index (χ1n) is 7.52. The molecule has 0 spiro atoms. The fraction of sp³-hybridized carbons (Fsp3) is 0.118. The van der Waals surface area contributed by atoms with Crippen LogP contribution in [-0.2, 0) is 17.9 Å². The average Bonchev–Trinajstić information content (AvgIpc) is 3.22. The van der Waals surface area contributed by atoms with Crippen LogP contribution in [0.25, 0.3) is 22.1 Å². The molecule has 4 aromatic rings. The van der Waals surface area contributed by atoms with Gasteiger partial charge in [-0.3, -0.25) is 14.2 Å². The Bertz CT molecular complexity index is 1210. The fourth-order valence-electron chi connectivity index (χ4n) is 2.90. The number of amides is 1. The lowest BCUT2D eigenvalue weighted by Crippen LogP contribution is -2.41. The molecule has 0 saturated heterocycles. The van der Waals surface area contributed by atoms with Crippen molar-refractivity contribution in [2.24, 2.45) is 5.73 Å². The third-order valence-electron chi connectivity index (χ3n) is 3.95. The first kappa shape index (κ1) is 15.0. The molecule has 4 rings (SSSR count). The molecule has 0 bridgehead atoms. The minimum atomic E-state index is -0.697. The number of carbonyl (C=O) groups excluding carboxylic acids is 1. The second-order valence-electron chi connectivity index (χ2n) is 5.58. The summed E-state index contributed by atoms with van der Waals surface area (Å²) in [7, 11) is 0. The second kappa shape index (κ2) is 5.52. The monoisotopic (exact) mass is 339 g/mol. The van der Waals surface area contributed by atoms with Crippen molar-refractivity contribution in [3.8, 4) is 0 Å². The SMILES string of the molecule is NC(=O)Cn1c(=O)n(Cc2ccco2)c(=O)c2oc3ccccc3c21. The molecule has 1 aromatic carbocycles. The summed E-state index contributed by atoms with van der Waals surface area (Å²) < 4.78 is 13.0. The highest BCUT2D eigenvalue weighted by molar-refractivity contribution is 6.02. The van der Waals surface area contributed by atoms with E-state index in [-0.39, 0.29) is 24.2 Å². The summed E-state index contributed by atoms with van der Waals surface area (Å²) in [4.78, 5) is 37.1. The number of nitrogens with two attached hydrogens (primary N) is 1. The van der Waals surface area contributed by atoms with Gasteiger partial charge in [-0.2, -0.15) is 0 Å². The topological polar surface area (TPSA) is 113 Å². The van der Waals surface area contributed by atoms with E-state index in [4.69, 9.17) is 14.6 Å². The highest BCUT2D eigenvalue weighted by Gasteiger charge is 2.21. The van der Waals surface area contributed by atoms with E-state index in [1.54, 1.807) is 36.4 Å². The highest BCUT2D eigenvalue weighted by atomic mass is 16.3. The Labute approximate surface area is 139 Å². The van der Waals surface area contributed by atoms with Gasteiger partial charge in [0.15, 0.2) is 0 Å². The van der Waals surface area contributed by atoms with Crippen LogP contribution in [0.1, 0.15) is 5.76 Å². The van der Waals surface area contributed by atoms with Gasteiger partial charge in [-0.1, -0.05) is 12.1 Å². The van der Waals surface area contributed by atoms with Crippen molar-refractivity contribution in [3.63, 3.8) is 0 Å². The largest absolute Gasteiger partial charge is 0.467 e. The first-order valence-corrected chi connectivity index (χ1v) is 7.52. The Hall–Kier alpha value is -3.55. The molecule has 8 nitrogen and oxygen atoms in total. The van der Waals surface area contributed by atoms with Crippen LogP contribution in [0.3, 0.4) is 0 Å². The van der Waals surface area contributed by atoms with Crippen LogP contribution in [0.15, 0.2) is 61.1 Å². The van der Waals surface area contributed by atoms with E-state index < -0.39 is 17.2 Å². The molecular weight excluding hydrogens is 326 g/mol. The summed E-state index contributed by atoms with van der Waals surface area (Å²) in [5.74, 6) is -0.267. The molecule has 25 heavy (non-hydrogen) atoms. The zero-order chi connectivity index (χ0) is 17.6. The van der Waals surface area contributed by atoms with Crippen molar-refractivity contribution in [2.75, 3.05) is 0 Å². The van der Waals surface area contributed by atoms with Crippen LogP contribution in [0.5, 0.6) is 0 Å². The Morgan fingerprint density at radius 3 is 2.60 bits per heavy atom. The number of hydrogen-bond donors (Lipinski definition) is 1. The molecule has 0 saturated carbocycles. The minimum Gasteiger partial charge on any atom is -0.467 e. The zero-order valence-electron chi connectivity index (χ0n) is 13.0. The maximum Gasteiger partial charge on any atom is 0.332 e. The predicted molar refractivity (Wildman–Crippen MR) is 89.2 cm³/mol. The highest BCUT2D eigenvalue weighted by Crippen LogP contribution is 2.25. The van der Waals surface area contributed by atoms with Crippen molar-refractivity contribution in [1.82, 2.24) is 9.13 Å². The van der Waals surface area contributed by atoms with Crippen LogP contribution in [0, 0.1) is 0 Å². The molecule has 3 heterocycles. The van der Waals surface area contributed by atoms with Crippen molar-refractivity contribution in [3.05, 3.63) is 69.3 Å². The van der Waals surface area contributed by atoms with E-state index in [9.17, 15) is 14.4 Å². The van der Waals surface area contributed by atoms with E-state index in [1.807, 2.05) is 0 Å². The molecule has 8 heteroatoms. The number of fused-ring (bicyclic) bond motifs is 3. The molecule has 0 unspecified atom stereocenters. The van der Waals surface area contributed by atoms with Gasteiger partial charge in [0, 0.05) is 5.39 Å². The van der Waals surface area contributed by atoms with Gasteiger partial charge in [-0.25, -0.2) is 9.36 Å². The van der Waals surface area contributed by atoms with Gasteiger partial charge in [-0.05, 0) is 24.3 Å². The quantitative estimate of drug-likeness (QED) is 0.597. The molecule has 0 fully saturated rings. The Kier molecular flexibility index (Phi) is 3.31. The van der Waals surface area contributed by atoms with Crippen molar-refractivity contribution in [2.45, 2.75) is 13.1 Å². The van der Waals surface area contributed by atoms with Crippen LogP contribution in [0.2, 0.25) is 0 Å². The molecule has 0 radical (unpaired) electrons. The van der Waals surface area contributed by atoms with Crippen LogP contribution in [-0.4, -0.2) is 15.0 Å². The number of rotatable bonds is 4. The molecule has 0 atom stereocenters. The Morgan fingerprint density at radius 1 is 1.08 bits per heavy atom. The van der Waals surface area contributed by atoms with Crippen molar-refractivity contribution < 1.29 is 13.6 Å². The fourth-order valence-corrected chi connectivity index (χ4v) is 2.90. The number of para-hydroxylation sites is 1. The summed E-state index contributed by atoms with van der Waals surface area (Å²) in [5, 5.41) is 0.568. The lowest BCUT2D eigenvalue weighted by molar-refractivity contribution is -0.118. The number of furan rings is 2. The average molecular weight is 339 g/mol. The molecule has 2 N–H and O–H groups in total. The summed E-state index contributed by atoms with van der Waals surface area (Å²) >= 11 is 0. The van der Waals surface area contributed by atoms with E-state index >= 15 is 0 Å². The maximum atomic E-state index is 12.8. The van der Waals surface area contributed by atoms with Gasteiger partial charge in [0.25, 0.3) is 5.56 Å². The number of benzene rings is 1. The van der Waals surface area contributed by atoms with E-state index in [0.29, 0.717) is 16.7 Å². The second-order valence-corrected chi connectivity index (χ2v) is 5.58. The van der Waals surface area contributed by atoms with Gasteiger partial charge in [0.1, 0.15) is 23.4 Å². The number of carbonyl (C=O) groups is 1. The molecule has 0 aliphatic heterocycles. The molecule has 0 aliphatic carbocycles. The minimum absolute atomic E-state index is 0.00592. The van der Waals surface area contributed by atoms with Crippen LogP contribution in [0.4, 0.5) is 0 Å². The van der Waals surface area contributed by atoms with E-state index in [1.165, 1.54) is 6.26 Å². The number of aromatic nitrogens is 2. The van der Waals surface area contributed by atoms with Crippen molar-refractivity contribution in [1.29, 1.82) is 0 Å². The van der Waals surface area contributed by atoms with Gasteiger partial charge in [0.05, 0.1) is 12.8 Å². The van der Waals surface area contributed by atoms with Crippen LogP contribution < -0.4 is 17.0 Å². The third-order valence-corrected chi connectivity index (χ3v) is 3.95. The summed E-state index contributed by atoms with van der Waals surface area (Å²) in [6, 6.07) is 10.2. The number of primary amides is 1. The number of nitrogens with zero attached hydrogens (tertiary/aromatic N) is 2. The Morgan fingerprint density at radius 2 is 1.88 bits per heavy atom. The standard InChI is InChI=1S/C17H13N3O5/c18-13(21)9-19-14-11-5-1-2-6-12(11)25-15(14)16(22)20(17(19)23)8-10-4-3-7-24-10/h1-7H,8-9H2,(H2,18,21). The van der Waals surface area contributed by atoms with Gasteiger partial charge in [0.2, 0.25) is 11.5 Å². The smallest absolute Gasteiger partial charge is 0.332 e. The lowest BCUT2D eigenvalue weighted by Gasteiger charge is -2.09. The molecule has 3 aromatic heterocycles. The zero-order valence-corrected chi connectivity index (χ0v) is 13.0. The van der Waals surface area contributed by atoms with Crippen molar-refractivity contribution >= 4 is 28.0 Å². The molecule has 1 amide bonds. The normalized spacial score (nSPS) is 11.4. The predicted octanol–water partition coefficient (Wildman–Crippen LogP) is 1.04. The molecular formula is C17H13N3O5. The van der Waals surface area contributed by atoms with Gasteiger partial charge < -0.3 is 14.6 Å². The Balaban J connectivity index is 2.10. The summed E-state index contributed by atoms with van der Waals surface area (Å²) in [6.45, 7) is -0.437. The summed E-state index contributed by atoms with van der Waals surface area (Å²) in [5.41, 5.74) is 4.75. The number of hydrogen-bond acceptors (Lipinski definition) is 5. The molecule has 0 aliphatic rings. The van der Waals surface area contributed by atoms with Crippen LogP contribution >= 0.6 is 0 Å². The summed E-state index contributed by atoms with van der Waals surface area (Å²) in [6.07, 6.45) is 1.45. The lowest BCUT2D eigenvalue weighted by atomic mass is 10.2. The van der Waals surface area contributed by atoms with Gasteiger partial charge in [-0.15, -0.1) is 0 Å². The van der Waals surface area contributed by atoms with Gasteiger partial charge >= 0.3 is 5.69 Å². The van der Waals surface area contributed by atoms with E-state index in [0.717, 1.165) is 9.13 Å².